The number of benzene rings is 1. The van der Waals surface area contributed by atoms with Gasteiger partial charge < -0.3 is 4.74 Å². The van der Waals surface area contributed by atoms with E-state index >= 15 is 0 Å². The molecule has 1 rings (SSSR count). The molecule has 0 atom stereocenters. The lowest BCUT2D eigenvalue weighted by Crippen LogP contribution is -2.24. The van der Waals surface area contributed by atoms with Gasteiger partial charge in [0.1, 0.15) is 6.54 Å². The number of anilines is 1. The SMILES string of the molecule is COC(=O)CN(N=O)c1ccccc1. The van der Waals surface area contributed by atoms with Gasteiger partial charge in [-0.05, 0) is 12.1 Å². The van der Waals surface area contributed by atoms with Crippen LogP contribution in [0.1, 0.15) is 0 Å². The molecule has 0 radical (unpaired) electrons. The van der Waals surface area contributed by atoms with Crippen LogP contribution < -0.4 is 5.01 Å². The molecule has 0 bridgehead atoms. The van der Waals surface area contributed by atoms with E-state index < -0.39 is 5.97 Å². The maximum atomic E-state index is 10.9. The van der Waals surface area contributed by atoms with Crippen molar-refractivity contribution in [3.63, 3.8) is 0 Å². The highest BCUT2D eigenvalue weighted by Gasteiger charge is 2.11. The van der Waals surface area contributed by atoms with Gasteiger partial charge in [0, 0.05) is 0 Å². The summed E-state index contributed by atoms with van der Waals surface area (Å²) in [5.74, 6) is -0.506. The molecule has 0 amide bonds. The molecule has 0 heterocycles. The summed E-state index contributed by atoms with van der Waals surface area (Å²) in [6.45, 7) is -0.177. The quantitative estimate of drug-likeness (QED) is 0.412. The monoisotopic (exact) mass is 194 g/mol. The van der Waals surface area contributed by atoms with Gasteiger partial charge in [0.2, 0.25) is 0 Å². The molecule has 0 spiro atoms. The summed E-state index contributed by atoms with van der Waals surface area (Å²) in [7, 11) is 1.26. The number of ether oxygens (including phenoxy) is 1. The van der Waals surface area contributed by atoms with Crippen molar-refractivity contribution in [2.45, 2.75) is 0 Å². The number of esters is 1. The van der Waals surface area contributed by atoms with Crippen molar-refractivity contribution in [3.8, 4) is 0 Å². The second-order valence-electron chi connectivity index (χ2n) is 2.55. The van der Waals surface area contributed by atoms with E-state index in [1.807, 2.05) is 6.07 Å². The average Bonchev–Trinajstić information content (AvgIpc) is 2.26. The van der Waals surface area contributed by atoms with Crippen LogP contribution in [0.2, 0.25) is 0 Å². The van der Waals surface area contributed by atoms with E-state index in [0.29, 0.717) is 5.69 Å². The number of nitrogens with zero attached hydrogens (tertiary/aromatic N) is 2. The first-order valence-electron chi connectivity index (χ1n) is 4.00. The van der Waals surface area contributed by atoms with Crippen molar-refractivity contribution in [1.29, 1.82) is 0 Å². The highest BCUT2D eigenvalue weighted by Crippen LogP contribution is 2.12. The normalized spacial score (nSPS) is 9.21. The standard InChI is InChI=1S/C9H10N2O3/c1-14-9(12)7-11(10-13)8-5-3-2-4-6-8/h2-6H,7H2,1H3. The predicted molar refractivity (Wildman–Crippen MR) is 51.6 cm³/mol. The first kappa shape index (κ1) is 10.2. The van der Waals surface area contributed by atoms with Crippen molar-refractivity contribution >= 4 is 11.7 Å². The summed E-state index contributed by atoms with van der Waals surface area (Å²) in [5.41, 5.74) is 0.563. The largest absolute Gasteiger partial charge is 0.468 e. The third-order valence-corrected chi connectivity index (χ3v) is 1.66. The molecule has 0 aliphatic carbocycles. The zero-order valence-corrected chi connectivity index (χ0v) is 7.71. The lowest BCUT2D eigenvalue weighted by atomic mass is 10.3. The number of carbonyl (C=O) groups excluding carboxylic acids is 1. The average molecular weight is 194 g/mol. The van der Waals surface area contributed by atoms with Crippen molar-refractivity contribution in [2.24, 2.45) is 5.29 Å². The van der Waals surface area contributed by atoms with Crippen LogP contribution in [0.4, 0.5) is 5.69 Å². The number of nitroso groups, excluding NO2 is 1. The Labute approximate surface area is 81.2 Å². The van der Waals surface area contributed by atoms with E-state index in [-0.39, 0.29) is 6.54 Å². The summed E-state index contributed by atoms with van der Waals surface area (Å²) >= 11 is 0. The molecule has 5 nitrogen and oxygen atoms in total. The molecule has 0 aliphatic heterocycles. The van der Waals surface area contributed by atoms with Crippen LogP contribution in [-0.2, 0) is 9.53 Å². The van der Waals surface area contributed by atoms with Crippen LogP contribution in [0.15, 0.2) is 35.6 Å². The van der Waals surface area contributed by atoms with Crippen LogP contribution in [0, 0.1) is 4.91 Å². The molecule has 0 aromatic heterocycles. The number of carbonyl (C=O) groups is 1. The minimum Gasteiger partial charge on any atom is -0.468 e. The van der Waals surface area contributed by atoms with Crippen LogP contribution in [0.25, 0.3) is 0 Å². The first-order valence-corrected chi connectivity index (χ1v) is 4.00. The fraction of sp³-hybridized carbons (Fsp3) is 0.222. The van der Waals surface area contributed by atoms with Crippen LogP contribution in [-0.4, -0.2) is 19.6 Å². The van der Waals surface area contributed by atoms with Gasteiger partial charge >= 0.3 is 5.97 Å². The third kappa shape index (κ3) is 2.55. The van der Waals surface area contributed by atoms with Crippen molar-refractivity contribution < 1.29 is 9.53 Å². The highest BCUT2D eigenvalue weighted by molar-refractivity contribution is 5.75. The van der Waals surface area contributed by atoms with E-state index in [9.17, 15) is 9.70 Å². The molecule has 14 heavy (non-hydrogen) atoms. The zero-order valence-electron chi connectivity index (χ0n) is 7.71. The Bertz CT molecular complexity index is 313. The number of hydrogen-bond acceptors (Lipinski definition) is 4. The minimum absolute atomic E-state index is 0.177. The Hall–Kier alpha value is -1.91. The Kier molecular flexibility index (Phi) is 3.60. The van der Waals surface area contributed by atoms with E-state index in [1.54, 1.807) is 24.3 Å². The Balaban J connectivity index is 2.73. The van der Waals surface area contributed by atoms with Gasteiger partial charge in [-0.1, -0.05) is 18.2 Å². The summed E-state index contributed by atoms with van der Waals surface area (Å²) in [6, 6.07) is 8.69. The topological polar surface area (TPSA) is 59.0 Å². The molecule has 1 aromatic rings. The zero-order chi connectivity index (χ0) is 10.4. The van der Waals surface area contributed by atoms with Gasteiger partial charge in [-0.3, -0.25) is 4.79 Å². The molecular formula is C9H10N2O3. The molecular weight excluding hydrogens is 184 g/mol. The number of methoxy groups -OCH3 is 1. The maximum absolute atomic E-state index is 10.9. The first-order chi connectivity index (χ1) is 6.77. The smallest absolute Gasteiger partial charge is 0.327 e. The molecule has 0 aliphatic rings. The molecule has 0 unspecified atom stereocenters. The van der Waals surface area contributed by atoms with Gasteiger partial charge in [0.15, 0.2) is 0 Å². The lowest BCUT2D eigenvalue weighted by molar-refractivity contribution is -0.138. The summed E-state index contributed by atoms with van der Waals surface area (Å²) in [6.07, 6.45) is 0. The summed E-state index contributed by atoms with van der Waals surface area (Å²) in [4.78, 5) is 21.3. The fourth-order valence-electron chi connectivity index (χ4n) is 0.954. The van der Waals surface area contributed by atoms with Gasteiger partial charge in [-0.2, -0.15) is 0 Å². The molecule has 0 fully saturated rings. The Morgan fingerprint density at radius 1 is 1.43 bits per heavy atom. The minimum atomic E-state index is -0.506. The molecule has 5 heteroatoms. The van der Waals surface area contributed by atoms with E-state index in [4.69, 9.17) is 0 Å². The van der Waals surface area contributed by atoms with E-state index in [0.717, 1.165) is 5.01 Å². The number of para-hydroxylation sites is 1. The van der Waals surface area contributed by atoms with Gasteiger partial charge in [-0.15, -0.1) is 4.91 Å². The lowest BCUT2D eigenvalue weighted by Gasteiger charge is -2.12. The van der Waals surface area contributed by atoms with E-state index in [2.05, 4.69) is 10.0 Å². The molecule has 74 valence electrons. The van der Waals surface area contributed by atoms with Gasteiger partial charge in [0.25, 0.3) is 0 Å². The van der Waals surface area contributed by atoms with E-state index in [1.165, 1.54) is 7.11 Å². The van der Waals surface area contributed by atoms with Gasteiger partial charge in [-0.25, -0.2) is 5.01 Å². The maximum Gasteiger partial charge on any atom is 0.327 e. The second kappa shape index (κ2) is 4.96. The van der Waals surface area contributed by atoms with Crippen LogP contribution in [0.3, 0.4) is 0 Å². The second-order valence-corrected chi connectivity index (χ2v) is 2.55. The van der Waals surface area contributed by atoms with Crippen molar-refractivity contribution in [3.05, 3.63) is 35.2 Å². The van der Waals surface area contributed by atoms with Crippen LogP contribution in [0.5, 0.6) is 0 Å². The predicted octanol–water partition coefficient (Wildman–Crippen LogP) is 1.35. The third-order valence-electron chi connectivity index (χ3n) is 1.66. The van der Waals surface area contributed by atoms with Gasteiger partial charge in [0.05, 0.1) is 18.1 Å². The fourth-order valence-corrected chi connectivity index (χ4v) is 0.954. The number of rotatable bonds is 4. The highest BCUT2D eigenvalue weighted by atomic mass is 16.5. The van der Waals surface area contributed by atoms with Crippen LogP contribution >= 0.6 is 0 Å². The van der Waals surface area contributed by atoms with Crippen molar-refractivity contribution in [1.82, 2.24) is 0 Å². The molecule has 0 saturated carbocycles. The summed E-state index contributed by atoms with van der Waals surface area (Å²) in [5, 5.41) is 3.76. The van der Waals surface area contributed by atoms with Crippen molar-refractivity contribution in [2.75, 3.05) is 18.7 Å². The molecule has 0 saturated heterocycles. The number of hydrogen-bond donors (Lipinski definition) is 0. The Morgan fingerprint density at radius 2 is 2.07 bits per heavy atom. The molecule has 0 N–H and O–H groups in total. The Morgan fingerprint density at radius 3 is 2.57 bits per heavy atom. The molecule has 1 aromatic carbocycles. The summed E-state index contributed by atoms with van der Waals surface area (Å²) < 4.78 is 4.42.